The van der Waals surface area contributed by atoms with Crippen molar-refractivity contribution < 1.29 is 52.7 Å². The zero-order valence-electron chi connectivity index (χ0n) is 25.5. The summed E-state index contributed by atoms with van der Waals surface area (Å²) >= 11 is 0. The molecule has 0 aromatic heterocycles. The minimum atomic E-state index is -1.44. The van der Waals surface area contributed by atoms with E-state index in [1.54, 1.807) is 51.1 Å². The van der Waals surface area contributed by atoms with Crippen molar-refractivity contribution in [3.63, 3.8) is 0 Å². The fourth-order valence-corrected chi connectivity index (χ4v) is 3.56. The molecule has 236 valence electrons. The average molecular weight is 604 g/mol. The third kappa shape index (κ3) is 11.5. The van der Waals surface area contributed by atoms with Crippen LogP contribution in [0.3, 0.4) is 0 Å². The molecule has 0 spiro atoms. The number of aliphatic carboxylic acids is 1. The maximum absolute atomic E-state index is 12.6. The number of carboxylic acid groups (broad SMARTS) is 1. The maximum atomic E-state index is 12.6. The number of para-hydroxylation sites is 1. The van der Waals surface area contributed by atoms with Crippen LogP contribution in [0.1, 0.15) is 66.4 Å². The van der Waals surface area contributed by atoms with Gasteiger partial charge in [0.2, 0.25) is 0 Å². The molecule has 2 aromatic carbocycles. The number of ether oxygens (including phenoxy) is 6. The predicted octanol–water partition coefficient (Wildman–Crippen LogP) is 6.30. The van der Waals surface area contributed by atoms with Crippen LogP contribution in [0, 0.1) is 11.8 Å². The highest BCUT2D eigenvalue weighted by Gasteiger charge is 2.31. The van der Waals surface area contributed by atoms with Crippen molar-refractivity contribution in [2.24, 2.45) is 17.6 Å². The quantitative estimate of drug-likeness (QED) is 0.149. The first kappa shape index (κ1) is 34.9. The Hall–Kier alpha value is -4.32. The lowest BCUT2D eigenvalue weighted by molar-refractivity contribution is -0.139. The van der Waals surface area contributed by atoms with Crippen LogP contribution in [-0.2, 0) is 19.0 Å². The van der Waals surface area contributed by atoms with Crippen molar-refractivity contribution in [1.29, 1.82) is 0 Å². The van der Waals surface area contributed by atoms with Crippen LogP contribution in [-0.4, -0.2) is 53.9 Å². The lowest BCUT2D eigenvalue weighted by Gasteiger charge is -2.25. The average Bonchev–Trinajstić information content (AvgIpc) is 2.92. The second-order valence-electron chi connectivity index (χ2n) is 10.8. The normalized spacial score (nSPS) is 14.6. The van der Waals surface area contributed by atoms with E-state index in [-0.39, 0.29) is 35.5 Å². The molecule has 5 atom stereocenters. The van der Waals surface area contributed by atoms with Gasteiger partial charge >= 0.3 is 24.4 Å². The highest BCUT2D eigenvalue weighted by atomic mass is 16.8. The van der Waals surface area contributed by atoms with E-state index in [4.69, 9.17) is 34.2 Å². The second-order valence-corrected chi connectivity index (χ2v) is 10.8. The highest BCUT2D eigenvalue weighted by Crippen LogP contribution is 2.35. The van der Waals surface area contributed by atoms with E-state index in [0.29, 0.717) is 5.56 Å². The first-order valence-electron chi connectivity index (χ1n) is 14.0. The zero-order chi connectivity index (χ0) is 32.3. The van der Waals surface area contributed by atoms with Gasteiger partial charge in [-0.2, -0.15) is 0 Å². The van der Waals surface area contributed by atoms with Crippen LogP contribution in [0.2, 0.25) is 0 Å². The molecule has 0 amide bonds. The topological polar surface area (TPSA) is 170 Å². The fraction of sp³-hybridized carbons (Fsp3) is 0.484. The number of carboxylic acids is 1. The van der Waals surface area contributed by atoms with E-state index in [9.17, 15) is 24.3 Å². The first-order valence-corrected chi connectivity index (χ1v) is 14.0. The predicted molar refractivity (Wildman–Crippen MR) is 155 cm³/mol. The molecule has 0 fully saturated rings. The molecule has 12 nitrogen and oxygen atoms in total. The number of nitrogens with two attached hydrogens (primary N) is 1. The summed E-state index contributed by atoms with van der Waals surface area (Å²) in [6, 6.07) is 10.9. The number of carbonyl (C=O) groups excluding carboxylic acids is 3. The Morgan fingerprint density at radius 2 is 1.21 bits per heavy atom. The van der Waals surface area contributed by atoms with Crippen LogP contribution < -0.4 is 19.9 Å². The summed E-state index contributed by atoms with van der Waals surface area (Å²) in [6.45, 7) is 12.4. The summed E-state index contributed by atoms with van der Waals surface area (Å²) < 4.78 is 31.8. The Bertz CT molecular complexity index is 1230. The molecular weight excluding hydrogens is 562 g/mol. The van der Waals surface area contributed by atoms with Crippen molar-refractivity contribution in [3.8, 4) is 17.2 Å². The molecule has 0 aliphatic carbocycles. The van der Waals surface area contributed by atoms with Crippen LogP contribution in [0.5, 0.6) is 17.2 Å². The van der Waals surface area contributed by atoms with Gasteiger partial charge in [-0.15, -0.1) is 0 Å². The molecule has 0 heterocycles. The van der Waals surface area contributed by atoms with Crippen molar-refractivity contribution in [2.75, 3.05) is 0 Å². The van der Waals surface area contributed by atoms with E-state index in [1.807, 2.05) is 27.7 Å². The third-order valence-electron chi connectivity index (χ3n) is 6.77. The molecule has 0 saturated carbocycles. The fourth-order valence-electron chi connectivity index (χ4n) is 3.56. The number of hydrogen-bond donors (Lipinski definition) is 2. The van der Waals surface area contributed by atoms with Crippen molar-refractivity contribution in [2.45, 2.75) is 85.2 Å². The summed E-state index contributed by atoms with van der Waals surface area (Å²) in [5.41, 5.74) is 6.34. The van der Waals surface area contributed by atoms with Crippen LogP contribution in [0.4, 0.5) is 14.4 Å². The molecule has 0 bridgehead atoms. The van der Waals surface area contributed by atoms with E-state index in [1.165, 1.54) is 18.2 Å². The maximum Gasteiger partial charge on any atom is 0.514 e. The van der Waals surface area contributed by atoms with Crippen molar-refractivity contribution in [1.82, 2.24) is 0 Å². The Kier molecular flexibility index (Phi) is 13.3. The minimum Gasteiger partial charge on any atom is -0.480 e. The van der Waals surface area contributed by atoms with Gasteiger partial charge in [-0.1, -0.05) is 52.0 Å². The lowest BCUT2D eigenvalue weighted by Crippen LogP contribution is -2.38. The Morgan fingerprint density at radius 3 is 1.72 bits per heavy atom. The summed E-state index contributed by atoms with van der Waals surface area (Å²) in [4.78, 5) is 49.3. The second kappa shape index (κ2) is 16.4. The number of benzene rings is 2. The van der Waals surface area contributed by atoms with E-state index >= 15 is 0 Å². The first-order chi connectivity index (χ1) is 20.2. The minimum absolute atomic E-state index is 0.00452. The van der Waals surface area contributed by atoms with Gasteiger partial charge in [-0.05, 0) is 68.9 Å². The largest absolute Gasteiger partial charge is 0.514 e. The molecule has 0 aliphatic heterocycles. The van der Waals surface area contributed by atoms with Gasteiger partial charge in [-0.25, -0.2) is 14.4 Å². The molecule has 0 radical (unpaired) electrons. The SMILES string of the molecule is CC(CC(c1ccc(OC(=O)OC(C)C(C)C)c(OC(=O)OC(C)C(C)C)c1)[C@H](N)C(=O)O)OC(=O)Oc1ccccc1. The molecule has 4 unspecified atom stereocenters. The zero-order valence-corrected chi connectivity index (χ0v) is 25.5. The Morgan fingerprint density at radius 1 is 0.698 bits per heavy atom. The number of carbonyl (C=O) groups is 4. The molecule has 12 heteroatoms. The molecule has 2 aromatic rings. The molecule has 0 aliphatic rings. The smallest absolute Gasteiger partial charge is 0.480 e. The lowest BCUT2D eigenvalue weighted by atomic mass is 9.87. The van der Waals surface area contributed by atoms with Gasteiger partial charge < -0.3 is 39.3 Å². The van der Waals surface area contributed by atoms with Crippen molar-refractivity contribution in [3.05, 3.63) is 54.1 Å². The number of hydrogen-bond acceptors (Lipinski definition) is 11. The summed E-state index contributed by atoms with van der Waals surface area (Å²) in [5.74, 6) is -2.36. The van der Waals surface area contributed by atoms with E-state index < -0.39 is 54.7 Å². The monoisotopic (exact) mass is 603 g/mol. The summed E-state index contributed by atoms with van der Waals surface area (Å²) in [6.07, 6.45) is -4.90. The molecule has 0 saturated heterocycles. The molecule has 3 N–H and O–H groups in total. The number of rotatable bonds is 13. The third-order valence-corrected chi connectivity index (χ3v) is 6.77. The van der Waals surface area contributed by atoms with Crippen LogP contribution in [0.15, 0.2) is 48.5 Å². The van der Waals surface area contributed by atoms with E-state index in [0.717, 1.165) is 0 Å². The Balaban J connectivity index is 2.35. The summed E-state index contributed by atoms with van der Waals surface area (Å²) in [7, 11) is 0. The van der Waals surface area contributed by atoms with Gasteiger partial charge in [0, 0.05) is 5.92 Å². The molecule has 43 heavy (non-hydrogen) atoms. The van der Waals surface area contributed by atoms with E-state index in [2.05, 4.69) is 0 Å². The van der Waals surface area contributed by atoms with Crippen LogP contribution >= 0.6 is 0 Å². The van der Waals surface area contributed by atoms with Gasteiger partial charge in [0.05, 0.1) is 0 Å². The van der Waals surface area contributed by atoms with Gasteiger partial charge in [-0.3, -0.25) is 4.79 Å². The van der Waals surface area contributed by atoms with Crippen LogP contribution in [0.25, 0.3) is 0 Å². The standard InChI is InChI=1S/C31H41NO11/c1-17(2)20(6)39-30(36)42-25-14-13-22(16-26(25)43-31(37)40-21(7)18(3)4)24(27(32)28(33)34)15-19(5)38-29(35)41-23-11-9-8-10-12-23/h8-14,16-21,24,27H,15,32H2,1-7H3,(H,33,34)/t19?,20?,21?,24?,27-/m0/s1. The highest BCUT2D eigenvalue weighted by molar-refractivity contribution is 5.75. The molecular formula is C31H41NO11. The Labute approximate surface area is 251 Å². The summed E-state index contributed by atoms with van der Waals surface area (Å²) in [5, 5.41) is 9.72. The van der Waals surface area contributed by atoms with Gasteiger partial charge in [0.1, 0.15) is 30.1 Å². The molecule has 2 rings (SSSR count). The van der Waals surface area contributed by atoms with Gasteiger partial charge in [0.25, 0.3) is 0 Å². The van der Waals surface area contributed by atoms with Crippen molar-refractivity contribution >= 4 is 24.4 Å². The van der Waals surface area contributed by atoms with Gasteiger partial charge in [0.15, 0.2) is 11.5 Å².